The molecule has 166 valence electrons. The molecule has 0 amide bonds. The molecular formula is C28H30FNOS. The highest BCUT2D eigenvalue weighted by Crippen LogP contribution is 2.49. The fraction of sp³-hybridized carbons (Fsp3) is 0.429. The molecule has 0 aliphatic heterocycles. The zero-order chi connectivity index (χ0) is 22.5. The summed E-state index contributed by atoms with van der Waals surface area (Å²) in [6.07, 6.45) is 6.54. The average molecular weight is 448 g/mol. The van der Waals surface area contributed by atoms with Crippen LogP contribution in [0.15, 0.2) is 41.1 Å². The van der Waals surface area contributed by atoms with Gasteiger partial charge in [-0.2, -0.15) is 11.3 Å². The van der Waals surface area contributed by atoms with Crippen molar-refractivity contribution in [2.75, 3.05) is 0 Å². The number of hydrogen-bond donors (Lipinski definition) is 0. The van der Waals surface area contributed by atoms with Gasteiger partial charge in [-0.25, -0.2) is 4.39 Å². The van der Waals surface area contributed by atoms with E-state index in [0.29, 0.717) is 17.4 Å². The number of ketones is 1. The van der Waals surface area contributed by atoms with Crippen LogP contribution < -0.4 is 0 Å². The number of thiophene rings is 1. The molecular weight excluding hydrogens is 417 g/mol. The summed E-state index contributed by atoms with van der Waals surface area (Å²) in [5.74, 6) is 0.293. The Morgan fingerprint density at radius 2 is 1.84 bits per heavy atom. The summed E-state index contributed by atoms with van der Waals surface area (Å²) < 4.78 is 13.6. The minimum absolute atomic E-state index is 0.0274. The van der Waals surface area contributed by atoms with Gasteiger partial charge >= 0.3 is 0 Å². The standard InChI is InChI=1S/C28H30FNOS/c1-17-14-28(2,3)15-22-23(17)24(20-12-13-32-16-20)25(26(30-22)18-6-4-5-7-18)27(31)19-8-10-21(29)11-9-19/h8-13,16-18H,4-7,14-15H2,1-3H3. The highest BCUT2D eigenvalue weighted by atomic mass is 32.1. The van der Waals surface area contributed by atoms with Crippen LogP contribution in [-0.2, 0) is 6.42 Å². The number of aromatic nitrogens is 1. The molecule has 3 aromatic rings. The number of carbonyl (C=O) groups excluding carboxylic acids is 1. The molecule has 1 aromatic carbocycles. The summed E-state index contributed by atoms with van der Waals surface area (Å²) in [5.41, 5.74) is 7.07. The maximum atomic E-state index is 14.0. The van der Waals surface area contributed by atoms with Gasteiger partial charge in [-0.15, -0.1) is 0 Å². The molecule has 1 unspecified atom stereocenters. The smallest absolute Gasteiger partial charge is 0.195 e. The van der Waals surface area contributed by atoms with Crippen molar-refractivity contribution in [2.24, 2.45) is 5.41 Å². The fourth-order valence-electron chi connectivity index (χ4n) is 5.97. The van der Waals surface area contributed by atoms with Crippen LogP contribution in [0.3, 0.4) is 0 Å². The number of pyridine rings is 1. The van der Waals surface area contributed by atoms with Gasteiger partial charge in [-0.1, -0.05) is 33.6 Å². The van der Waals surface area contributed by atoms with Crippen LogP contribution in [0.4, 0.5) is 4.39 Å². The Hall–Kier alpha value is -2.33. The van der Waals surface area contributed by atoms with E-state index in [4.69, 9.17) is 4.98 Å². The molecule has 0 radical (unpaired) electrons. The summed E-state index contributed by atoms with van der Waals surface area (Å²) >= 11 is 1.66. The van der Waals surface area contributed by atoms with Crippen molar-refractivity contribution in [3.63, 3.8) is 0 Å². The van der Waals surface area contributed by atoms with Gasteiger partial charge in [0.15, 0.2) is 5.78 Å². The number of carbonyl (C=O) groups is 1. The molecule has 32 heavy (non-hydrogen) atoms. The lowest BCUT2D eigenvalue weighted by atomic mass is 9.68. The Balaban J connectivity index is 1.81. The largest absolute Gasteiger partial charge is 0.289 e. The van der Waals surface area contributed by atoms with Crippen LogP contribution in [0, 0.1) is 11.2 Å². The molecule has 4 heteroatoms. The molecule has 2 nitrogen and oxygen atoms in total. The minimum Gasteiger partial charge on any atom is -0.289 e. The van der Waals surface area contributed by atoms with Gasteiger partial charge in [0.05, 0.1) is 11.3 Å². The zero-order valence-corrected chi connectivity index (χ0v) is 19.9. The monoisotopic (exact) mass is 447 g/mol. The first-order chi connectivity index (χ1) is 15.3. The predicted octanol–water partition coefficient (Wildman–Crippen LogP) is 7.91. The predicted molar refractivity (Wildman–Crippen MR) is 129 cm³/mol. The molecule has 1 atom stereocenters. The van der Waals surface area contributed by atoms with E-state index < -0.39 is 0 Å². The number of hydrogen-bond acceptors (Lipinski definition) is 3. The van der Waals surface area contributed by atoms with Crippen molar-refractivity contribution in [3.8, 4) is 11.1 Å². The molecule has 2 aliphatic carbocycles. The molecule has 0 saturated heterocycles. The number of halogens is 1. The third-order valence-electron chi connectivity index (χ3n) is 7.22. The molecule has 1 saturated carbocycles. The number of fused-ring (bicyclic) bond motifs is 1. The number of rotatable bonds is 4. The van der Waals surface area contributed by atoms with Gasteiger partial charge in [-0.05, 0) is 89.2 Å². The second-order valence-electron chi connectivity index (χ2n) is 10.4. The first-order valence-corrected chi connectivity index (χ1v) is 12.7. The lowest BCUT2D eigenvalue weighted by molar-refractivity contribution is 0.103. The van der Waals surface area contributed by atoms with Crippen LogP contribution in [-0.4, -0.2) is 10.8 Å². The summed E-state index contributed by atoms with van der Waals surface area (Å²) in [7, 11) is 0. The van der Waals surface area contributed by atoms with Crippen LogP contribution >= 0.6 is 11.3 Å². The van der Waals surface area contributed by atoms with Gasteiger partial charge < -0.3 is 0 Å². The molecule has 5 rings (SSSR count). The SMILES string of the molecule is CC1CC(C)(C)Cc2nc(C3CCCC3)c(C(=O)c3ccc(F)cc3)c(-c3ccsc3)c21. The Morgan fingerprint density at radius 1 is 1.12 bits per heavy atom. The fourth-order valence-corrected chi connectivity index (χ4v) is 6.61. The van der Waals surface area contributed by atoms with Crippen molar-refractivity contribution < 1.29 is 9.18 Å². The second-order valence-corrected chi connectivity index (χ2v) is 11.2. The quantitative estimate of drug-likeness (QED) is 0.380. The first kappa shape index (κ1) is 21.5. The van der Waals surface area contributed by atoms with E-state index >= 15 is 0 Å². The van der Waals surface area contributed by atoms with Crippen LogP contribution in [0.1, 0.15) is 97.6 Å². The van der Waals surface area contributed by atoms with E-state index in [1.54, 1.807) is 23.5 Å². The van der Waals surface area contributed by atoms with E-state index in [1.807, 2.05) is 0 Å². The molecule has 2 aliphatic rings. The van der Waals surface area contributed by atoms with Crippen LogP contribution in [0.2, 0.25) is 0 Å². The molecule has 0 bridgehead atoms. The molecule has 0 spiro atoms. The summed E-state index contributed by atoms with van der Waals surface area (Å²) in [6.45, 7) is 6.93. The molecule has 1 fully saturated rings. The van der Waals surface area contributed by atoms with E-state index in [9.17, 15) is 9.18 Å². The zero-order valence-electron chi connectivity index (χ0n) is 19.1. The third kappa shape index (κ3) is 3.83. The van der Waals surface area contributed by atoms with Crippen molar-refractivity contribution in [1.29, 1.82) is 0 Å². The highest BCUT2D eigenvalue weighted by Gasteiger charge is 2.37. The van der Waals surface area contributed by atoms with Gasteiger partial charge in [0.1, 0.15) is 5.82 Å². The van der Waals surface area contributed by atoms with Crippen molar-refractivity contribution in [1.82, 2.24) is 4.98 Å². The van der Waals surface area contributed by atoms with E-state index in [-0.39, 0.29) is 17.0 Å². The number of benzene rings is 1. The lowest BCUT2D eigenvalue weighted by Gasteiger charge is -2.37. The number of nitrogens with zero attached hydrogens (tertiary/aromatic N) is 1. The average Bonchev–Trinajstić information content (AvgIpc) is 3.46. The van der Waals surface area contributed by atoms with Gasteiger partial charge in [0.2, 0.25) is 0 Å². The van der Waals surface area contributed by atoms with Gasteiger partial charge in [0, 0.05) is 22.7 Å². The molecule has 0 N–H and O–H groups in total. The maximum absolute atomic E-state index is 14.0. The third-order valence-corrected chi connectivity index (χ3v) is 7.91. The normalized spacial score (nSPS) is 20.3. The van der Waals surface area contributed by atoms with Crippen molar-refractivity contribution >= 4 is 17.1 Å². The summed E-state index contributed by atoms with van der Waals surface area (Å²) in [4.78, 5) is 19.3. The summed E-state index contributed by atoms with van der Waals surface area (Å²) in [5, 5.41) is 4.24. The van der Waals surface area contributed by atoms with E-state index in [2.05, 4.69) is 37.6 Å². The van der Waals surface area contributed by atoms with Crippen molar-refractivity contribution in [3.05, 3.63) is 75.0 Å². The summed E-state index contributed by atoms with van der Waals surface area (Å²) in [6, 6.07) is 8.11. The minimum atomic E-state index is -0.324. The Morgan fingerprint density at radius 3 is 2.50 bits per heavy atom. The van der Waals surface area contributed by atoms with Crippen LogP contribution in [0.5, 0.6) is 0 Å². The first-order valence-electron chi connectivity index (χ1n) is 11.7. The van der Waals surface area contributed by atoms with E-state index in [0.717, 1.165) is 48.1 Å². The van der Waals surface area contributed by atoms with E-state index in [1.165, 1.54) is 36.2 Å². The van der Waals surface area contributed by atoms with Gasteiger partial charge in [0.25, 0.3) is 0 Å². The Labute approximate surface area is 193 Å². The Bertz CT molecular complexity index is 1140. The lowest BCUT2D eigenvalue weighted by Crippen LogP contribution is -2.28. The molecule has 2 heterocycles. The maximum Gasteiger partial charge on any atom is 0.195 e. The second kappa shape index (κ2) is 8.22. The van der Waals surface area contributed by atoms with Crippen molar-refractivity contribution in [2.45, 2.75) is 71.1 Å². The topological polar surface area (TPSA) is 30.0 Å². The highest BCUT2D eigenvalue weighted by molar-refractivity contribution is 7.08. The van der Waals surface area contributed by atoms with Gasteiger partial charge in [-0.3, -0.25) is 9.78 Å². The molecule has 2 aromatic heterocycles. The Kier molecular flexibility index (Phi) is 5.53. The van der Waals surface area contributed by atoms with Crippen LogP contribution in [0.25, 0.3) is 11.1 Å².